The lowest BCUT2D eigenvalue weighted by Gasteiger charge is -2.16. The molecule has 2 heterocycles. The van der Waals surface area contributed by atoms with E-state index in [9.17, 15) is 0 Å². The molecule has 0 saturated heterocycles. The van der Waals surface area contributed by atoms with E-state index in [1.807, 2.05) is 11.3 Å². The maximum absolute atomic E-state index is 4.14. The van der Waals surface area contributed by atoms with Crippen molar-refractivity contribution in [1.29, 1.82) is 0 Å². The summed E-state index contributed by atoms with van der Waals surface area (Å²) in [7, 11) is 0. The molecule has 2 aromatic heterocycles. The molecule has 2 aromatic rings. The van der Waals surface area contributed by atoms with E-state index in [-0.39, 0.29) is 6.04 Å². The zero-order valence-corrected chi connectivity index (χ0v) is 10.5. The molecule has 0 aliphatic heterocycles. The first-order valence-corrected chi connectivity index (χ1v) is 6.16. The maximum Gasteiger partial charge on any atom is 0.141 e. The molecule has 2 N–H and O–H groups in total. The quantitative estimate of drug-likeness (QED) is 0.858. The Bertz CT molecular complexity index is 435. The molecule has 2 atom stereocenters. The molecule has 0 spiro atoms. The molecule has 0 radical (unpaired) electrons. The van der Waals surface area contributed by atoms with E-state index in [1.54, 1.807) is 0 Å². The first-order chi connectivity index (χ1) is 7.66. The van der Waals surface area contributed by atoms with Crippen LogP contribution in [0.2, 0.25) is 0 Å². The summed E-state index contributed by atoms with van der Waals surface area (Å²) in [6.07, 6.45) is 1.54. The summed E-state index contributed by atoms with van der Waals surface area (Å²) in [5.74, 6) is 0.875. The van der Waals surface area contributed by atoms with Crippen LogP contribution in [-0.2, 0) is 0 Å². The molecule has 5 heteroatoms. The van der Waals surface area contributed by atoms with Crippen LogP contribution in [0.1, 0.15) is 41.5 Å². The molecule has 0 saturated carbocycles. The minimum Gasteiger partial charge on any atom is -0.300 e. The van der Waals surface area contributed by atoms with Crippen molar-refractivity contribution in [3.05, 3.63) is 34.0 Å². The van der Waals surface area contributed by atoms with Gasteiger partial charge in [-0.05, 0) is 32.9 Å². The summed E-state index contributed by atoms with van der Waals surface area (Å²) in [5, 5.41) is 10.2. The molecular weight excluding hydrogens is 220 g/mol. The van der Waals surface area contributed by atoms with Crippen molar-refractivity contribution in [2.75, 3.05) is 0 Å². The van der Waals surface area contributed by atoms with E-state index < -0.39 is 0 Å². The van der Waals surface area contributed by atoms with Crippen molar-refractivity contribution in [2.45, 2.75) is 32.9 Å². The minimum absolute atomic E-state index is 0.180. The summed E-state index contributed by atoms with van der Waals surface area (Å²) >= 11 is 1.83. The number of hydrogen-bond donors (Lipinski definition) is 2. The number of thiophene rings is 1. The largest absolute Gasteiger partial charge is 0.300 e. The van der Waals surface area contributed by atoms with Gasteiger partial charge in [0.05, 0.1) is 6.04 Å². The fourth-order valence-electron chi connectivity index (χ4n) is 1.65. The molecule has 0 bridgehead atoms. The Balaban J connectivity index is 2.00. The number of nitrogens with one attached hydrogen (secondary N) is 2. The fourth-order valence-corrected chi connectivity index (χ4v) is 2.53. The van der Waals surface area contributed by atoms with Gasteiger partial charge in [0.2, 0.25) is 0 Å². The smallest absolute Gasteiger partial charge is 0.141 e. The van der Waals surface area contributed by atoms with Crippen LogP contribution in [0.4, 0.5) is 0 Å². The summed E-state index contributed by atoms with van der Waals surface area (Å²) in [6, 6.07) is 4.83. The molecule has 2 unspecified atom stereocenters. The molecule has 4 nitrogen and oxygen atoms in total. The van der Waals surface area contributed by atoms with Gasteiger partial charge in [-0.1, -0.05) is 0 Å². The SMILES string of the molecule is Cc1ccc(C(C)NC(C)c2ncn[nH]2)s1. The van der Waals surface area contributed by atoms with Gasteiger partial charge in [-0.25, -0.2) is 4.98 Å². The molecule has 0 amide bonds. The topological polar surface area (TPSA) is 53.6 Å². The lowest BCUT2D eigenvalue weighted by molar-refractivity contribution is 0.482. The van der Waals surface area contributed by atoms with Crippen molar-refractivity contribution < 1.29 is 0 Å². The van der Waals surface area contributed by atoms with Crippen molar-refractivity contribution in [3.8, 4) is 0 Å². The van der Waals surface area contributed by atoms with Crippen LogP contribution >= 0.6 is 11.3 Å². The highest BCUT2D eigenvalue weighted by molar-refractivity contribution is 7.12. The Kier molecular flexibility index (Phi) is 3.36. The monoisotopic (exact) mass is 236 g/mol. The molecule has 0 aliphatic rings. The zero-order valence-electron chi connectivity index (χ0n) is 9.69. The lowest BCUT2D eigenvalue weighted by Crippen LogP contribution is -2.22. The maximum atomic E-state index is 4.14. The van der Waals surface area contributed by atoms with E-state index in [1.165, 1.54) is 16.1 Å². The first-order valence-electron chi connectivity index (χ1n) is 5.34. The average molecular weight is 236 g/mol. The van der Waals surface area contributed by atoms with Crippen LogP contribution in [0.25, 0.3) is 0 Å². The van der Waals surface area contributed by atoms with Gasteiger partial charge in [0, 0.05) is 15.8 Å². The lowest BCUT2D eigenvalue weighted by atomic mass is 10.2. The van der Waals surface area contributed by atoms with Crippen LogP contribution in [0, 0.1) is 6.92 Å². The van der Waals surface area contributed by atoms with E-state index in [4.69, 9.17) is 0 Å². The molecule has 16 heavy (non-hydrogen) atoms. The molecule has 0 fully saturated rings. The Morgan fingerprint density at radius 1 is 1.31 bits per heavy atom. The molecule has 0 aromatic carbocycles. The van der Waals surface area contributed by atoms with Crippen molar-refractivity contribution in [2.24, 2.45) is 0 Å². The number of rotatable bonds is 4. The summed E-state index contributed by atoms with van der Waals surface area (Å²) in [4.78, 5) is 6.84. The molecule has 86 valence electrons. The predicted octanol–water partition coefficient (Wildman–Crippen LogP) is 2.59. The van der Waals surface area contributed by atoms with Gasteiger partial charge in [0.1, 0.15) is 12.2 Å². The van der Waals surface area contributed by atoms with Gasteiger partial charge in [0.15, 0.2) is 0 Å². The molecular formula is C11H16N4S. The van der Waals surface area contributed by atoms with Gasteiger partial charge in [-0.2, -0.15) is 5.10 Å². The number of hydrogen-bond acceptors (Lipinski definition) is 4. The fraction of sp³-hybridized carbons (Fsp3) is 0.455. The van der Waals surface area contributed by atoms with Gasteiger partial charge in [-0.15, -0.1) is 11.3 Å². The van der Waals surface area contributed by atoms with Crippen LogP contribution in [0.3, 0.4) is 0 Å². The number of aromatic nitrogens is 3. The minimum atomic E-state index is 0.180. The first kappa shape index (κ1) is 11.3. The van der Waals surface area contributed by atoms with Crippen LogP contribution in [0.15, 0.2) is 18.5 Å². The second-order valence-electron chi connectivity index (χ2n) is 3.93. The highest BCUT2D eigenvalue weighted by Gasteiger charge is 2.13. The van der Waals surface area contributed by atoms with Crippen LogP contribution in [-0.4, -0.2) is 15.2 Å². The van der Waals surface area contributed by atoms with E-state index in [0.717, 1.165) is 5.82 Å². The summed E-state index contributed by atoms with van der Waals surface area (Å²) < 4.78 is 0. The third kappa shape index (κ3) is 2.48. The van der Waals surface area contributed by atoms with Crippen LogP contribution < -0.4 is 5.32 Å². The number of aryl methyl sites for hydroxylation is 1. The van der Waals surface area contributed by atoms with Crippen molar-refractivity contribution >= 4 is 11.3 Å². The Hall–Kier alpha value is -1.20. The van der Waals surface area contributed by atoms with Gasteiger partial charge in [0.25, 0.3) is 0 Å². The Morgan fingerprint density at radius 2 is 2.12 bits per heavy atom. The Labute approximate surface area is 99.1 Å². The predicted molar refractivity (Wildman–Crippen MR) is 65.4 cm³/mol. The molecule has 2 rings (SSSR count). The van der Waals surface area contributed by atoms with Crippen LogP contribution in [0.5, 0.6) is 0 Å². The van der Waals surface area contributed by atoms with Crippen molar-refractivity contribution in [1.82, 2.24) is 20.5 Å². The standard InChI is InChI=1S/C11H16N4S/c1-7-4-5-10(16-7)8(2)14-9(3)11-12-6-13-15-11/h4-6,8-9,14H,1-3H3,(H,12,13,15). The highest BCUT2D eigenvalue weighted by atomic mass is 32.1. The highest BCUT2D eigenvalue weighted by Crippen LogP contribution is 2.24. The second-order valence-corrected chi connectivity index (χ2v) is 5.25. The summed E-state index contributed by atoms with van der Waals surface area (Å²) in [6.45, 7) is 6.37. The number of H-pyrrole nitrogens is 1. The van der Waals surface area contributed by atoms with E-state index >= 15 is 0 Å². The zero-order chi connectivity index (χ0) is 11.5. The molecule has 0 aliphatic carbocycles. The van der Waals surface area contributed by atoms with E-state index in [0.29, 0.717) is 6.04 Å². The summed E-state index contributed by atoms with van der Waals surface area (Å²) in [5.41, 5.74) is 0. The van der Waals surface area contributed by atoms with Crippen molar-refractivity contribution in [3.63, 3.8) is 0 Å². The number of aromatic amines is 1. The second kappa shape index (κ2) is 4.76. The van der Waals surface area contributed by atoms with Gasteiger partial charge < -0.3 is 5.32 Å². The van der Waals surface area contributed by atoms with Gasteiger partial charge >= 0.3 is 0 Å². The third-order valence-corrected chi connectivity index (χ3v) is 3.72. The normalized spacial score (nSPS) is 14.9. The third-order valence-electron chi connectivity index (χ3n) is 2.53. The average Bonchev–Trinajstić information content (AvgIpc) is 2.87. The Morgan fingerprint density at radius 3 is 2.69 bits per heavy atom. The van der Waals surface area contributed by atoms with E-state index in [2.05, 4.69) is 53.4 Å². The number of nitrogens with zero attached hydrogens (tertiary/aromatic N) is 2. The van der Waals surface area contributed by atoms with Gasteiger partial charge in [-0.3, -0.25) is 5.10 Å².